The van der Waals surface area contributed by atoms with Crippen LogP contribution in [0.15, 0.2) is 0 Å². The molecule has 1 rings (SSSR count). The number of hydrogen-bond acceptors (Lipinski definition) is 3. The zero-order valence-corrected chi connectivity index (χ0v) is 8.74. The largest absolute Gasteiger partial charge is 0.312 e. The van der Waals surface area contributed by atoms with Crippen LogP contribution >= 0.6 is 12.6 Å². The summed E-state index contributed by atoms with van der Waals surface area (Å²) >= 11 is 4.19. The fourth-order valence-electron chi connectivity index (χ4n) is 1.88. The molecule has 0 aromatic heterocycles. The summed E-state index contributed by atoms with van der Waals surface area (Å²) in [4.78, 5) is 0. The molecule has 3 heteroatoms. The Balaban J connectivity index is 2.20. The molecule has 0 amide bonds. The topological polar surface area (TPSA) is 24.1 Å². The van der Waals surface area contributed by atoms with Gasteiger partial charge in [-0.05, 0) is 19.4 Å². The Hall–Kier alpha value is 0.270. The number of hydrogen-bond donors (Lipinski definition) is 3. The minimum absolute atomic E-state index is 0.692. The van der Waals surface area contributed by atoms with Crippen molar-refractivity contribution in [3.05, 3.63) is 0 Å². The number of thiol groups is 1. The summed E-state index contributed by atoms with van der Waals surface area (Å²) in [7, 11) is 0. The van der Waals surface area contributed by atoms with E-state index in [9.17, 15) is 0 Å². The summed E-state index contributed by atoms with van der Waals surface area (Å²) < 4.78 is 0. The first-order chi connectivity index (χ1) is 5.88. The summed E-state index contributed by atoms with van der Waals surface area (Å²) in [6.45, 7) is 4.46. The Bertz CT molecular complexity index is 119. The molecule has 0 spiro atoms. The number of rotatable bonds is 5. The first-order valence-corrected chi connectivity index (χ1v) is 5.59. The van der Waals surface area contributed by atoms with Gasteiger partial charge in [-0.2, -0.15) is 12.6 Å². The zero-order chi connectivity index (χ0) is 8.81. The molecule has 72 valence electrons. The highest BCUT2D eigenvalue weighted by Crippen LogP contribution is 2.11. The monoisotopic (exact) mass is 188 g/mol. The van der Waals surface area contributed by atoms with Crippen molar-refractivity contribution in [2.24, 2.45) is 0 Å². The summed E-state index contributed by atoms with van der Waals surface area (Å²) in [5.74, 6) is 0.940. The predicted molar refractivity (Wildman–Crippen MR) is 57.0 cm³/mol. The summed E-state index contributed by atoms with van der Waals surface area (Å²) in [6.07, 6.45) is 3.85. The van der Waals surface area contributed by atoms with Gasteiger partial charge in [-0.1, -0.05) is 13.3 Å². The van der Waals surface area contributed by atoms with E-state index in [1.807, 2.05) is 0 Å². The smallest absolute Gasteiger partial charge is 0.0233 e. The van der Waals surface area contributed by atoms with E-state index >= 15 is 0 Å². The molecule has 0 aliphatic carbocycles. The van der Waals surface area contributed by atoms with Crippen molar-refractivity contribution in [2.75, 3.05) is 18.8 Å². The van der Waals surface area contributed by atoms with Crippen molar-refractivity contribution >= 4 is 12.6 Å². The highest BCUT2D eigenvalue weighted by Gasteiger charge is 2.24. The van der Waals surface area contributed by atoms with Gasteiger partial charge >= 0.3 is 0 Å². The average Bonchev–Trinajstić information content (AvgIpc) is 2.50. The van der Waals surface area contributed by atoms with Crippen LogP contribution in [0.2, 0.25) is 0 Å². The van der Waals surface area contributed by atoms with Crippen LogP contribution in [0.3, 0.4) is 0 Å². The second-order valence-corrected chi connectivity index (χ2v) is 3.87. The van der Waals surface area contributed by atoms with Crippen LogP contribution in [0.4, 0.5) is 0 Å². The van der Waals surface area contributed by atoms with E-state index in [1.54, 1.807) is 0 Å². The summed E-state index contributed by atoms with van der Waals surface area (Å²) in [6, 6.07) is 1.40. The minimum Gasteiger partial charge on any atom is -0.312 e. The Labute approximate surface area is 80.9 Å². The maximum atomic E-state index is 4.19. The third-order valence-electron chi connectivity index (χ3n) is 2.47. The maximum Gasteiger partial charge on any atom is 0.0233 e. The van der Waals surface area contributed by atoms with Crippen LogP contribution < -0.4 is 10.6 Å². The van der Waals surface area contributed by atoms with Crippen molar-refractivity contribution in [1.82, 2.24) is 10.6 Å². The molecule has 2 nitrogen and oxygen atoms in total. The number of nitrogens with one attached hydrogen (secondary N) is 2. The van der Waals surface area contributed by atoms with E-state index in [0.29, 0.717) is 12.1 Å². The lowest BCUT2D eigenvalue weighted by Gasteiger charge is -2.19. The molecule has 1 aliphatic rings. The van der Waals surface area contributed by atoms with Gasteiger partial charge in [0.05, 0.1) is 0 Å². The average molecular weight is 188 g/mol. The molecule has 1 heterocycles. The molecule has 1 saturated heterocycles. The van der Waals surface area contributed by atoms with Crippen molar-refractivity contribution in [3.63, 3.8) is 0 Å². The molecule has 0 radical (unpaired) electrons. The third-order valence-corrected chi connectivity index (χ3v) is 2.69. The second kappa shape index (κ2) is 5.84. The Morgan fingerprint density at radius 2 is 2.42 bits per heavy atom. The van der Waals surface area contributed by atoms with Crippen LogP contribution in [0, 0.1) is 0 Å². The van der Waals surface area contributed by atoms with Crippen molar-refractivity contribution in [1.29, 1.82) is 0 Å². The molecule has 0 aromatic carbocycles. The summed E-state index contributed by atoms with van der Waals surface area (Å²) in [5, 5.41) is 7.06. The van der Waals surface area contributed by atoms with E-state index in [0.717, 1.165) is 12.3 Å². The standard InChI is InChI=1S/C9H20N2S/c1-2-3-8-9(4-5-10-8)11-6-7-12/h8-12H,2-7H2,1H3. The maximum absolute atomic E-state index is 4.19. The van der Waals surface area contributed by atoms with E-state index in [1.165, 1.54) is 25.8 Å². The van der Waals surface area contributed by atoms with Crippen molar-refractivity contribution in [2.45, 2.75) is 38.3 Å². The molecule has 0 aromatic rings. The fraction of sp³-hybridized carbons (Fsp3) is 1.00. The minimum atomic E-state index is 0.692. The van der Waals surface area contributed by atoms with Gasteiger partial charge in [-0.15, -0.1) is 0 Å². The first kappa shape index (κ1) is 10.4. The van der Waals surface area contributed by atoms with E-state index in [-0.39, 0.29) is 0 Å². The van der Waals surface area contributed by atoms with Gasteiger partial charge in [0.1, 0.15) is 0 Å². The van der Waals surface area contributed by atoms with E-state index in [4.69, 9.17) is 0 Å². The molecule has 1 aliphatic heterocycles. The van der Waals surface area contributed by atoms with Gasteiger partial charge in [0, 0.05) is 24.4 Å². The zero-order valence-electron chi connectivity index (χ0n) is 7.84. The lowest BCUT2D eigenvalue weighted by Crippen LogP contribution is -2.41. The van der Waals surface area contributed by atoms with Gasteiger partial charge < -0.3 is 10.6 Å². The van der Waals surface area contributed by atoms with Crippen LogP contribution in [-0.2, 0) is 0 Å². The molecule has 0 saturated carbocycles. The van der Waals surface area contributed by atoms with E-state index in [2.05, 4.69) is 30.2 Å². The quantitative estimate of drug-likeness (QED) is 0.562. The van der Waals surface area contributed by atoms with Crippen LogP contribution in [-0.4, -0.2) is 30.9 Å². The molecule has 1 fully saturated rings. The van der Waals surface area contributed by atoms with Crippen LogP contribution in [0.5, 0.6) is 0 Å². The SMILES string of the molecule is CCCC1NCCC1NCCS. The third kappa shape index (κ3) is 2.96. The van der Waals surface area contributed by atoms with Crippen LogP contribution in [0.25, 0.3) is 0 Å². The van der Waals surface area contributed by atoms with E-state index < -0.39 is 0 Å². The van der Waals surface area contributed by atoms with Gasteiger partial charge in [-0.25, -0.2) is 0 Å². The Kier molecular flexibility index (Phi) is 5.04. The molecule has 2 unspecified atom stereocenters. The molecule has 12 heavy (non-hydrogen) atoms. The van der Waals surface area contributed by atoms with Gasteiger partial charge in [0.25, 0.3) is 0 Å². The molecule has 2 atom stereocenters. The molecule has 2 N–H and O–H groups in total. The van der Waals surface area contributed by atoms with Gasteiger partial charge in [0.15, 0.2) is 0 Å². The highest BCUT2D eigenvalue weighted by atomic mass is 32.1. The highest BCUT2D eigenvalue weighted by molar-refractivity contribution is 7.80. The van der Waals surface area contributed by atoms with Crippen LogP contribution in [0.1, 0.15) is 26.2 Å². The normalized spacial score (nSPS) is 29.5. The first-order valence-electron chi connectivity index (χ1n) is 4.96. The second-order valence-electron chi connectivity index (χ2n) is 3.42. The molecular formula is C9H20N2S. The Morgan fingerprint density at radius 1 is 1.58 bits per heavy atom. The lowest BCUT2D eigenvalue weighted by atomic mass is 10.1. The van der Waals surface area contributed by atoms with Crippen molar-refractivity contribution in [3.8, 4) is 0 Å². The van der Waals surface area contributed by atoms with Gasteiger partial charge in [-0.3, -0.25) is 0 Å². The predicted octanol–water partition coefficient (Wildman–Crippen LogP) is 1.04. The van der Waals surface area contributed by atoms with Gasteiger partial charge in [0.2, 0.25) is 0 Å². The molecular weight excluding hydrogens is 168 g/mol. The summed E-state index contributed by atoms with van der Waals surface area (Å²) in [5.41, 5.74) is 0. The molecule has 0 bridgehead atoms. The van der Waals surface area contributed by atoms with Crippen molar-refractivity contribution < 1.29 is 0 Å². The fourth-order valence-corrected chi connectivity index (χ4v) is 2.01. The lowest BCUT2D eigenvalue weighted by molar-refractivity contribution is 0.435. The Morgan fingerprint density at radius 3 is 3.08 bits per heavy atom.